The minimum absolute atomic E-state index is 0.0484. The Morgan fingerprint density at radius 1 is 1.14 bits per heavy atom. The maximum absolute atomic E-state index is 12.8. The first kappa shape index (κ1) is 25.6. The van der Waals surface area contributed by atoms with E-state index in [2.05, 4.69) is 11.9 Å². The monoisotopic (exact) mass is 506 g/mol. The summed E-state index contributed by atoms with van der Waals surface area (Å²) in [5.41, 5.74) is -0.115. The molecule has 198 valence electrons. The van der Waals surface area contributed by atoms with Gasteiger partial charge in [-0.15, -0.1) is 0 Å². The molecule has 2 aliphatic heterocycles. The van der Waals surface area contributed by atoms with Crippen molar-refractivity contribution in [2.75, 3.05) is 31.1 Å². The average molecular weight is 507 g/mol. The zero-order valence-electron chi connectivity index (χ0n) is 21.7. The Morgan fingerprint density at radius 3 is 2.49 bits per heavy atom. The normalized spacial score (nSPS) is 20.4. The molecule has 0 spiro atoms. The van der Waals surface area contributed by atoms with Crippen LogP contribution >= 0.6 is 0 Å². The van der Waals surface area contributed by atoms with Gasteiger partial charge in [-0.3, -0.25) is 19.0 Å². The summed E-state index contributed by atoms with van der Waals surface area (Å²) in [4.78, 5) is 46.2. The molecule has 1 amide bonds. The van der Waals surface area contributed by atoms with Crippen molar-refractivity contribution in [2.24, 2.45) is 11.8 Å². The number of Topliss-reactive ketones (excluding diaryl/α,β-unsaturated/α-hetero) is 1. The fourth-order valence-corrected chi connectivity index (χ4v) is 5.47. The van der Waals surface area contributed by atoms with Crippen molar-refractivity contribution in [1.82, 2.24) is 14.5 Å². The summed E-state index contributed by atoms with van der Waals surface area (Å²) in [6.45, 7) is 4.41. The van der Waals surface area contributed by atoms with Crippen molar-refractivity contribution in [3.05, 3.63) is 58.6 Å². The fraction of sp³-hybridized carbons (Fsp3) is 0.586. The van der Waals surface area contributed by atoms with Crippen molar-refractivity contribution in [2.45, 2.75) is 69.9 Å². The number of ketones is 1. The number of piperidine rings is 1. The summed E-state index contributed by atoms with van der Waals surface area (Å²) in [7, 11) is 0. The van der Waals surface area contributed by atoms with E-state index in [0.29, 0.717) is 63.5 Å². The van der Waals surface area contributed by atoms with E-state index >= 15 is 0 Å². The van der Waals surface area contributed by atoms with Gasteiger partial charge in [0.05, 0.1) is 24.4 Å². The van der Waals surface area contributed by atoms with E-state index in [-0.39, 0.29) is 29.8 Å². The Balaban J connectivity index is 1.09. The summed E-state index contributed by atoms with van der Waals surface area (Å²) in [6, 6.07) is 11.5. The van der Waals surface area contributed by atoms with Crippen molar-refractivity contribution in [1.29, 1.82) is 0 Å². The lowest BCUT2D eigenvalue weighted by Gasteiger charge is -2.40. The van der Waals surface area contributed by atoms with Gasteiger partial charge in [0.1, 0.15) is 11.6 Å². The molecule has 1 N–H and O–H groups in total. The topological polar surface area (TPSA) is 95.7 Å². The third kappa shape index (κ3) is 6.29. The van der Waals surface area contributed by atoms with Crippen molar-refractivity contribution < 1.29 is 14.7 Å². The van der Waals surface area contributed by atoms with E-state index < -0.39 is 5.60 Å². The molecule has 1 aliphatic carbocycles. The second-order valence-electron chi connectivity index (χ2n) is 11.4. The molecule has 0 bridgehead atoms. The number of carbonyl (C=O) groups is 2. The highest BCUT2D eigenvalue weighted by Crippen LogP contribution is 2.34. The molecule has 8 heteroatoms. The van der Waals surface area contributed by atoms with Crippen LogP contribution in [0.25, 0.3) is 0 Å². The van der Waals surface area contributed by atoms with Gasteiger partial charge in [0.2, 0.25) is 5.91 Å². The predicted octanol–water partition coefficient (Wildman–Crippen LogP) is 2.99. The van der Waals surface area contributed by atoms with Crippen LogP contribution in [0.5, 0.6) is 0 Å². The van der Waals surface area contributed by atoms with Gasteiger partial charge in [-0.1, -0.05) is 50.1 Å². The van der Waals surface area contributed by atoms with Crippen LogP contribution in [0.4, 0.5) is 5.82 Å². The molecule has 0 radical (unpaired) electrons. The summed E-state index contributed by atoms with van der Waals surface area (Å²) < 4.78 is 1.45. The zero-order chi connectivity index (χ0) is 26.0. The minimum atomic E-state index is -1.05. The molecule has 1 saturated carbocycles. The standard InChI is InChI=1S/C29H38N4O4/c1-21(23-5-3-2-4-6-23)15-27(35)31-13-11-29(37,12-14-31)19-33-20-30-26(16-28(33)36)32-17-24(18-32)25(34)10-9-22-7-8-22/h2-6,16,20-22,24,37H,7-15,17-19H2,1H3/t21-/m1/s1. The summed E-state index contributed by atoms with van der Waals surface area (Å²) >= 11 is 0. The number of aliphatic hydroxyl groups is 1. The van der Waals surface area contributed by atoms with Crippen molar-refractivity contribution in [3.63, 3.8) is 0 Å². The number of aromatic nitrogens is 2. The van der Waals surface area contributed by atoms with E-state index in [1.807, 2.05) is 40.1 Å². The first-order chi connectivity index (χ1) is 17.8. The van der Waals surface area contributed by atoms with Crippen LogP contribution in [0.3, 0.4) is 0 Å². The van der Waals surface area contributed by atoms with Gasteiger partial charge in [0.25, 0.3) is 5.56 Å². The molecule has 1 aromatic heterocycles. The third-order valence-electron chi connectivity index (χ3n) is 8.38. The molecule has 3 fully saturated rings. The van der Waals surface area contributed by atoms with Gasteiger partial charge in [-0.25, -0.2) is 4.98 Å². The highest BCUT2D eigenvalue weighted by atomic mass is 16.3. The number of anilines is 1. The number of rotatable bonds is 10. The number of benzene rings is 1. The van der Waals surface area contributed by atoms with Crippen LogP contribution in [0.2, 0.25) is 0 Å². The van der Waals surface area contributed by atoms with Crippen LogP contribution in [0.1, 0.15) is 63.4 Å². The van der Waals surface area contributed by atoms with E-state index in [1.165, 1.54) is 29.8 Å². The van der Waals surface area contributed by atoms with Crippen molar-refractivity contribution >= 4 is 17.5 Å². The molecule has 1 aromatic carbocycles. The maximum atomic E-state index is 12.8. The predicted molar refractivity (Wildman–Crippen MR) is 141 cm³/mol. The van der Waals surface area contributed by atoms with Crippen LogP contribution < -0.4 is 10.5 Å². The second kappa shape index (κ2) is 10.8. The fourth-order valence-electron chi connectivity index (χ4n) is 5.47. The van der Waals surface area contributed by atoms with Gasteiger partial charge in [0, 0.05) is 45.1 Å². The number of amides is 1. The largest absolute Gasteiger partial charge is 0.388 e. The van der Waals surface area contributed by atoms with Gasteiger partial charge in [-0.2, -0.15) is 0 Å². The van der Waals surface area contributed by atoms with Crippen LogP contribution in [-0.2, 0) is 16.1 Å². The highest BCUT2D eigenvalue weighted by molar-refractivity contribution is 5.83. The molecule has 5 rings (SSSR count). The molecule has 3 aliphatic rings. The molecule has 8 nitrogen and oxygen atoms in total. The zero-order valence-corrected chi connectivity index (χ0v) is 21.7. The smallest absolute Gasteiger partial charge is 0.255 e. The molecule has 2 saturated heterocycles. The van der Waals surface area contributed by atoms with E-state index in [4.69, 9.17) is 0 Å². The Bertz CT molecular complexity index is 1160. The number of likely N-dealkylation sites (tertiary alicyclic amines) is 1. The van der Waals surface area contributed by atoms with E-state index in [1.54, 1.807) is 0 Å². The second-order valence-corrected chi connectivity index (χ2v) is 11.4. The molecular weight excluding hydrogens is 468 g/mol. The summed E-state index contributed by atoms with van der Waals surface area (Å²) in [5, 5.41) is 11.2. The Kier molecular flexibility index (Phi) is 7.47. The van der Waals surface area contributed by atoms with Gasteiger partial charge in [0.15, 0.2) is 0 Å². The summed E-state index contributed by atoms with van der Waals surface area (Å²) in [5.74, 6) is 1.97. The number of hydrogen-bond donors (Lipinski definition) is 1. The molecular formula is C29H38N4O4. The number of nitrogens with zero attached hydrogens (tertiary/aromatic N) is 4. The average Bonchev–Trinajstić information content (AvgIpc) is 3.69. The molecule has 3 heterocycles. The first-order valence-electron chi connectivity index (χ1n) is 13.7. The van der Waals surface area contributed by atoms with E-state index in [9.17, 15) is 19.5 Å². The lowest BCUT2D eigenvalue weighted by Crippen LogP contribution is -2.51. The molecule has 2 aromatic rings. The van der Waals surface area contributed by atoms with Crippen LogP contribution in [0.15, 0.2) is 47.5 Å². The van der Waals surface area contributed by atoms with Crippen molar-refractivity contribution in [3.8, 4) is 0 Å². The van der Waals surface area contributed by atoms with Gasteiger partial charge >= 0.3 is 0 Å². The van der Waals surface area contributed by atoms with Gasteiger partial charge in [-0.05, 0) is 36.7 Å². The summed E-state index contributed by atoms with van der Waals surface area (Å²) in [6.07, 6.45) is 7.01. The quantitative estimate of drug-likeness (QED) is 0.532. The first-order valence-corrected chi connectivity index (χ1v) is 13.7. The Morgan fingerprint density at radius 2 is 1.84 bits per heavy atom. The highest BCUT2D eigenvalue weighted by Gasteiger charge is 2.36. The number of carbonyl (C=O) groups excluding carboxylic acids is 2. The molecule has 37 heavy (non-hydrogen) atoms. The minimum Gasteiger partial charge on any atom is -0.388 e. The Hall–Kier alpha value is -3.00. The number of hydrogen-bond acceptors (Lipinski definition) is 6. The SMILES string of the molecule is C[C@H](CC(=O)N1CCC(O)(Cn2cnc(N3CC(C(=O)CCC4CC4)C3)cc2=O)CC1)c1ccccc1. The Labute approximate surface area is 218 Å². The van der Waals surface area contributed by atoms with Crippen LogP contribution in [0, 0.1) is 11.8 Å². The van der Waals surface area contributed by atoms with Gasteiger partial charge < -0.3 is 14.9 Å². The third-order valence-corrected chi connectivity index (χ3v) is 8.38. The lowest BCUT2D eigenvalue weighted by atomic mass is 9.90. The lowest BCUT2D eigenvalue weighted by molar-refractivity contribution is -0.136. The molecule has 0 unspecified atom stereocenters. The molecule has 1 atom stereocenters. The maximum Gasteiger partial charge on any atom is 0.255 e. The van der Waals surface area contributed by atoms with E-state index in [0.717, 1.165) is 17.9 Å². The van der Waals surface area contributed by atoms with Crippen LogP contribution in [-0.4, -0.2) is 63.0 Å².